The van der Waals surface area contributed by atoms with Crippen molar-refractivity contribution in [2.45, 2.75) is 52.4 Å². The van der Waals surface area contributed by atoms with Crippen molar-refractivity contribution in [1.29, 1.82) is 0 Å². The van der Waals surface area contributed by atoms with E-state index in [9.17, 15) is 0 Å². The van der Waals surface area contributed by atoms with Gasteiger partial charge in [-0.2, -0.15) is 0 Å². The highest BCUT2D eigenvalue weighted by atomic mass is 16.5. The first-order chi connectivity index (χ1) is 12.8. The molecule has 26 heavy (non-hydrogen) atoms. The fourth-order valence-corrected chi connectivity index (χ4v) is 2.67. The van der Waals surface area contributed by atoms with E-state index >= 15 is 0 Å². The van der Waals surface area contributed by atoms with Crippen molar-refractivity contribution in [1.82, 2.24) is 0 Å². The van der Waals surface area contributed by atoms with Crippen LogP contribution in [0.2, 0.25) is 0 Å². The summed E-state index contributed by atoms with van der Waals surface area (Å²) < 4.78 is 5.65. The summed E-state index contributed by atoms with van der Waals surface area (Å²) in [6.07, 6.45) is 11.6. The monoisotopic (exact) mass is 346 g/mol. The third kappa shape index (κ3) is 7.62. The SMILES string of the molecule is CCC=CCOc1ccc(C#Cc2ccc(CCCCCC)cc2)cc1. The summed E-state index contributed by atoms with van der Waals surface area (Å²) in [7, 11) is 0. The second-order valence-corrected chi connectivity index (χ2v) is 6.47. The lowest BCUT2D eigenvalue weighted by Crippen LogP contribution is -1.92. The molecular weight excluding hydrogens is 316 g/mol. The Bertz CT molecular complexity index is 711. The van der Waals surface area contributed by atoms with Gasteiger partial charge in [-0.05, 0) is 61.2 Å². The third-order valence-corrected chi connectivity index (χ3v) is 4.23. The Hall–Kier alpha value is -2.46. The molecule has 0 aliphatic rings. The average molecular weight is 347 g/mol. The second kappa shape index (κ2) is 12.0. The van der Waals surface area contributed by atoms with Crippen LogP contribution >= 0.6 is 0 Å². The van der Waals surface area contributed by atoms with Crippen LogP contribution < -0.4 is 4.74 Å². The molecule has 1 heteroatoms. The topological polar surface area (TPSA) is 9.23 Å². The van der Waals surface area contributed by atoms with Crippen LogP contribution in [0, 0.1) is 11.8 Å². The van der Waals surface area contributed by atoms with Crippen molar-refractivity contribution in [2.75, 3.05) is 6.61 Å². The van der Waals surface area contributed by atoms with Crippen molar-refractivity contribution in [3.63, 3.8) is 0 Å². The first-order valence-electron chi connectivity index (χ1n) is 9.80. The van der Waals surface area contributed by atoms with E-state index in [1.807, 2.05) is 30.3 Å². The van der Waals surface area contributed by atoms with E-state index in [4.69, 9.17) is 4.74 Å². The lowest BCUT2D eigenvalue weighted by Gasteiger charge is -2.02. The number of hydrogen-bond acceptors (Lipinski definition) is 1. The predicted octanol–water partition coefficient (Wildman–Crippen LogP) is 6.55. The molecule has 0 amide bonds. The lowest BCUT2D eigenvalue weighted by atomic mass is 10.0. The fraction of sp³-hybridized carbons (Fsp3) is 0.360. The number of rotatable bonds is 9. The Morgan fingerprint density at radius 1 is 0.769 bits per heavy atom. The molecule has 2 aromatic carbocycles. The molecule has 0 N–H and O–H groups in total. The molecule has 0 unspecified atom stereocenters. The highest BCUT2D eigenvalue weighted by molar-refractivity contribution is 5.44. The molecule has 0 aromatic heterocycles. The maximum absolute atomic E-state index is 5.65. The van der Waals surface area contributed by atoms with Crippen LogP contribution in [-0.4, -0.2) is 6.61 Å². The number of ether oxygens (including phenoxy) is 1. The first kappa shape index (κ1) is 19.9. The molecule has 2 aromatic rings. The smallest absolute Gasteiger partial charge is 0.119 e. The zero-order chi connectivity index (χ0) is 18.5. The van der Waals surface area contributed by atoms with Gasteiger partial charge in [-0.15, -0.1) is 0 Å². The number of unbranched alkanes of at least 4 members (excludes halogenated alkanes) is 3. The minimum absolute atomic E-state index is 0.615. The summed E-state index contributed by atoms with van der Waals surface area (Å²) in [6, 6.07) is 16.6. The molecule has 2 rings (SSSR count). The molecule has 0 bridgehead atoms. The summed E-state index contributed by atoms with van der Waals surface area (Å²) in [4.78, 5) is 0. The Labute approximate surface area is 159 Å². The van der Waals surface area contributed by atoms with Gasteiger partial charge < -0.3 is 4.74 Å². The zero-order valence-corrected chi connectivity index (χ0v) is 16.1. The number of aryl methyl sites for hydroxylation is 1. The molecule has 0 saturated heterocycles. The van der Waals surface area contributed by atoms with Gasteiger partial charge in [-0.25, -0.2) is 0 Å². The predicted molar refractivity (Wildman–Crippen MR) is 112 cm³/mol. The van der Waals surface area contributed by atoms with E-state index in [0.29, 0.717) is 6.61 Å². The average Bonchev–Trinajstić information content (AvgIpc) is 2.69. The minimum Gasteiger partial charge on any atom is -0.490 e. The Morgan fingerprint density at radius 3 is 2.04 bits per heavy atom. The van der Waals surface area contributed by atoms with Gasteiger partial charge in [0.05, 0.1) is 0 Å². The summed E-state index contributed by atoms with van der Waals surface area (Å²) in [6.45, 7) is 4.98. The zero-order valence-electron chi connectivity index (χ0n) is 16.1. The van der Waals surface area contributed by atoms with Gasteiger partial charge >= 0.3 is 0 Å². The number of hydrogen-bond donors (Lipinski definition) is 0. The standard InChI is InChI=1S/C25H30O/c1-3-5-7-8-10-22-11-13-23(14-12-22)15-16-24-17-19-25(20-18-24)26-21-9-6-4-2/h6,9,11-14,17-20H,3-5,7-8,10,21H2,1-2H3. The number of benzene rings is 2. The molecule has 0 atom stereocenters. The van der Waals surface area contributed by atoms with Crippen molar-refractivity contribution in [3.8, 4) is 17.6 Å². The Balaban J connectivity index is 1.85. The van der Waals surface area contributed by atoms with Gasteiger partial charge in [-0.3, -0.25) is 0 Å². The van der Waals surface area contributed by atoms with Crippen LogP contribution in [0.1, 0.15) is 62.6 Å². The van der Waals surface area contributed by atoms with E-state index in [1.165, 1.54) is 37.7 Å². The highest BCUT2D eigenvalue weighted by Gasteiger charge is 1.95. The summed E-state index contributed by atoms with van der Waals surface area (Å²) in [5.74, 6) is 7.34. The third-order valence-electron chi connectivity index (χ3n) is 4.23. The highest BCUT2D eigenvalue weighted by Crippen LogP contribution is 2.12. The van der Waals surface area contributed by atoms with Gasteiger partial charge in [0.15, 0.2) is 0 Å². The van der Waals surface area contributed by atoms with E-state index in [1.54, 1.807) is 0 Å². The molecule has 0 aliphatic heterocycles. The molecule has 0 saturated carbocycles. The van der Waals surface area contributed by atoms with Gasteiger partial charge in [0, 0.05) is 11.1 Å². The Kier molecular flexibility index (Phi) is 9.15. The lowest BCUT2D eigenvalue weighted by molar-refractivity contribution is 0.362. The van der Waals surface area contributed by atoms with Crippen molar-refractivity contribution in [3.05, 3.63) is 77.4 Å². The molecule has 0 radical (unpaired) electrons. The molecule has 0 fully saturated rings. The van der Waals surface area contributed by atoms with E-state index in [0.717, 1.165) is 23.3 Å². The van der Waals surface area contributed by atoms with Crippen molar-refractivity contribution >= 4 is 0 Å². The first-order valence-corrected chi connectivity index (χ1v) is 9.80. The maximum atomic E-state index is 5.65. The van der Waals surface area contributed by atoms with Gasteiger partial charge in [0.2, 0.25) is 0 Å². The van der Waals surface area contributed by atoms with Gasteiger partial charge in [0.25, 0.3) is 0 Å². The van der Waals surface area contributed by atoms with Crippen LogP contribution in [0.3, 0.4) is 0 Å². The molecule has 0 aliphatic carbocycles. The number of allylic oxidation sites excluding steroid dienone is 1. The van der Waals surface area contributed by atoms with Crippen LogP contribution in [0.5, 0.6) is 5.75 Å². The molecule has 0 heterocycles. The normalized spacial score (nSPS) is 10.5. The molecule has 136 valence electrons. The summed E-state index contributed by atoms with van der Waals surface area (Å²) in [5.41, 5.74) is 3.47. The Morgan fingerprint density at radius 2 is 1.42 bits per heavy atom. The van der Waals surface area contributed by atoms with Gasteiger partial charge in [0.1, 0.15) is 12.4 Å². The van der Waals surface area contributed by atoms with Crippen LogP contribution in [0.4, 0.5) is 0 Å². The molecular formula is C25H30O. The largest absolute Gasteiger partial charge is 0.490 e. The van der Waals surface area contributed by atoms with E-state index in [-0.39, 0.29) is 0 Å². The summed E-state index contributed by atoms with van der Waals surface area (Å²) >= 11 is 0. The van der Waals surface area contributed by atoms with Crippen LogP contribution in [-0.2, 0) is 6.42 Å². The minimum atomic E-state index is 0.615. The fourth-order valence-electron chi connectivity index (χ4n) is 2.67. The molecule has 0 spiro atoms. The van der Waals surface area contributed by atoms with Crippen molar-refractivity contribution < 1.29 is 4.74 Å². The maximum Gasteiger partial charge on any atom is 0.119 e. The van der Waals surface area contributed by atoms with Gasteiger partial charge in [-0.1, -0.05) is 69.2 Å². The second-order valence-electron chi connectivity index (χ2n) is 6.47. The summed E-state index contributed by atoms with van der Waals surface area (Å²) in [5, 5.41) is 0. The van der Waals surface area contributed by atoms with Crippen LogP contribution in [0.25, 0.3) is 0 Å². The van der Waals surface area contributed by atoms with E-state index in [2.05, 4.69) is 56.0 Å². The van der Waals surface area contributed by atoms with Crippen LogP contribution in [0.15, 0.2) is 60.7 Å². The van der Waals surface area contributed by atoms with Crippen molar-refractivity contribution in [2.24, 2.45) is 0 Å². The van der Waals surface area contributed by atoms with E-state index < -0.39 is 0 Å². The quantitative estimate of drug-likeness (QED) is 0.284. The molecule has 1 nitrogen and oxygen atoms in total.